The van der Waals surface area contributed by atoms with Gasteiger partial charge in [-0.25, -0.2) is 0 Å². The molecule has 0 radical (unpaired) electrons. The second-order valence-electron chi connectivity index (χ2n) is 5.23. The van der Waals surface area contributed by atoms with Gasteiger partial charge in [0.1, 0.15) is 6.10 Å². The molecule has 25 heavy (non-hydrogen) atoms. The summed E-state index contributed by atoms with van der Waals surface area (Å²) in [7, 11) is 0. The van der Waals surface area contributed by atoms with E-state index >= 15 is 0 Å². The van der Waals surface area contributed by atoms with Gasteiger partial charge in [-0.05, 0) is 29.8 Å². The Morgan fingerprint density at radius 2 is 1.72 bits per heavy atom. The third-order valence-electron chi connectivity index (χ3n) is 3.45. The summed E-state index contributed by atoms with van der Waals surface area (Å²) in [6.07, 6.45) is -5.00. The van der Waals surface area contributed by atoms with Gasteiger partial charge in [0.05, 0.1) is 0 Å². The fraction of sp³-hybridized carbons (Fsp3) is 0.250. The van der Waals surface area contributed by atoms with Gasteiger partial charge in [0.2, 0.25) is 0 Å². The molecule has 3 nitrogen and oxygen atoms in total. The Morgan fingerprint density at radius 3 is 2.28 bits per heavy atom. The van der Waals surface area contributed by atoms with Crippen LogP contribution in [0, 0.1) is 0 Å². The van der Waals surface area contributed by atoms with Crippen LogP contribution in [0.3, 0.4) is 0 Å². The molecule has 2 aromatic carbocycles. The lowest BCUT2D eigenvalue weighted by atomic mass is 10.0. The molecular formula is C16H13Cl3F3NO2. The highest BCUT2D eigenvalue weighted by molar-refractivity contribution is 6.36. The van der Waals surface area contributed by atoms with Crippen molar-refractivity contribution in [1.82, 2.24) is 5.32 Å². The lowest BCUT2D eigenvalue weighted by molar-refractivity contribution is -0.275. The Morgan fingerprint density at radius 1 is 1.00 bits per heavy atom. The van der Waals surface area contributed by atoms with Gasteiger partial charge >= 0.3 is 6.36 Å². The van der Waals surface area contributed by atoms with Crippen LogP contribution in [0.15, 0.2) is 36.4 Å². The van der Waals surface area contributed by atoms with E-state index in [-0.39, 0.29) is 24.3 Å². The van der Waals surface area contributed by atoms with Gasteiger partial charge in [0, 0.05) is 28.7 Å². The molecule has 0 saturated carbocycles. The number of halogens is 6. The Balaban J connectivity index is 0.00000225. The Labute approximate surface area is 158 Å². The molecule has 1 heterocycles. The van der Waals surface area contributed by atoms with Gasteiger partial charge < -0.3 is 14.8 Å². The SMILES string of the molecule is Cl.FC(F)(F)Oc1cc(-c2ccc(Cl)cc2Cl)ccc1OC1CNC1. The van der Waals surface area contributed by atoms with E-state index in [1.807, 2.05) is 0 Å². The molecule has 0 unspecified atom stereocenters. The number of alkyl halides is 3. The fourth-order valence-electron chi connectivity index (χ4n) is 2.23. The number of hydrogen-bond acceptors (Lipinski definition) is 3. The standard InChI is InChI=1S/C16H12Cl2F3NO2.ClH/c17-10-2-3-12(13(18)6-10)9-1-4-14(23-11-7-22-8-11)15(5-9)24-16(19,20)21;/h1-6,11,22H,7-8H2;1H. The van der Waals surface area contributed by atoms with E-state index in [4.69, 9.17) is 27.9 Å². The van der Waals surface area contributed by atoms with Crippen molar-refractivity contribution >= 4 is 35.6 Å². The quantitative estimate of drug-likeness (QED) is 0.733. The van der Waals surface area contributed by atoms with Crippen LogP contribution < -0.4 is 14.8 Å². The number of hydrogen-bond donors (Lipinski definition) is 1. The topological polar surface area (TPSA) is 30.5 Å². The first kappa shape index (κ1) is 20.0. The van der Waals surface area contributed by atoms with Crippen LogP contribution in [0.1, 0.15) is 0 Å². The third kappa shape index (κ3) is 5.07. The first-order valence-corrected chi connectivity index (χ1v) is 7.80. The third-order valence-corrected chi connectivity index (χ3v) is 4.00. The largest absolute Gasteiger partial charge is 0.573 e. The van der Waals surface area contributed by atoms with Crippen LogP contribution >= 0.6 is 35.6 Å². The Hall–Kier alpha value is -1.34. The van der Waals surface area contributed by atoms with E-state index < -0.39 is 12.1 Å². The minimum atomic E-state index is -4.82. The molecule has 1 fully saturated rings. The van der Waals surface area contributed by atoms with Gasteiger partial charge in [-0.15, -0.1) is 25.6 Å². The highest BCUT2D eigenvalue weighted by atomic mass is 35.5. The van der Waals surface area contributed by atoms with Gasteiger partial charge in [-0.2, -0.15) is 0 Å². The average Bonchev–Trinajstić information content (AvgIpc) is 2.42. The molecule has 1 aliphatic heterocycles. The second-order valence-corrected chi connectivity index (χ2v) is 6.08. The van der Waals surface area contributed by atoms with Crippen LogP contribution in [0.4, 0.5) is 13.2 Å². The number of ether oxygens (including phenoxy) is 2. The predicted molar refractivity (Wildman–Crippen MR) is 93.1 cm³/mol. The fourth-order valence-corrected chi connectivity index (χ4v) is 2.74. The molecule has 0 aliphatic carbocycles. The monoisotopic (exact) mass is 413 g/mol. The molecular weight excluding hydrogens is 402 g/mol. The molecule has 2 aromatic rings. The summed E-state index contributed by atoms with van der Waals surface area (Å²) >= 11 is 12.0. The molecule has 1 aliphatic rings. The molecule has 0 bridgehead atoms. The van der Waals surface area contributed by atoms with Crippen molar-refractivity contribution < 1.29 is 22.6 Å². The van der Waals surface area contributed by atoms with E-state index in [2.05, 4.69) is 10.1 Å². The lowest BCUT2D eigenvalue weighted by Gasteiger charge is -2.28. The zero-order valence-electron chi connectivity index (χ0n) is 12.6. The summed E-state index contributed by atoms with van der Waals surface area (Å²) in [5.41, 5.74) is 1.01. The molecule has 3 rings (SSSR count). The lowest BCUT2D eigenvalue weighted by Crippen LogP contribution is -2.50. The number of benzene rings is 2. The molecule has 0 spiro atoms. The smallest absolute Gasteiger partial charge is 0.484 e. The summed E-state index contributed by atoms with van der Waals surface area (Å²) in [4.78, 5) is 0. The second kappa shape index (κ2) is 7.91. The van der Waals surface area contributed by atoms with Crippen LogP contribution in [-0.4, -0.2) is 25.6 Å². The van der Waals surface area contributed by atoms with Crippen LogP contribution in [-0.2, 0) is 0 Å². The molecule has 0 aromatic heterocycles. The molecule has 1 saturated heterocycles. The van der Waals surface area contributed by atoms with Crippen molar-refractivity contribution in [2.45, 2.75) is 12.5 Å². The van der Waals surface area contributed by atoms with Crippen molar-refractivity contribution in [3.8, 4) is 22.6 Å². The van der Waals surface area contributed by atoms with E-state index in [1.165, 1.54) is 18.2 Å². The van der Waals surface area contributed by atoms with Crippen LogP contribution in [0.25, 0.3) is 11.1 Å². The first-order chi connectivity index (χ1) is 11.3. The summed E-state index contributed by atoms with van der Waals surface area (Å²) in [5.74, 6) is -0.370. The minimum Gasteiger partial charge on any atom is -0.484 e. The summed E-state index contributed by atoms with van der Waals surface area (Å²) in [6, 6.07) is 9.09. The normalized spacial score (nSPS) is 14.4. The number of nitrogens with one attached hydrogen (secondary N) is 1. The van der Waals surface area contributed by atoms with E-state index in [1.54, 1.807) is 18.2 Å². The van der Waals surface area contributed by atoms with Crippen LogP contribution in [0.5, 0.6) is 11.5 Å². The van der Waals surface area contributed by atoms with Gasteiger partial charge in [-0.1, -0.05) is 35.3 Å². The highest BCUT2D eigenvalue weighted by Gasteiger charge is 2.33. The molecule has 1 N–H and O–H groups in total. The van der Waals surface area contributed by atoms with Crippen molar-refractivity contribution in [2.24, 2.45) is 0 Å². The maximum Gasteiger partial charge on any atom is 0.573 e. The van der Waals surface area contributed by atoms with Crippen LogP contribution in [0.2, 0.25) is 10.0 Å². The number of rotatable bonds is 4. The maximum absolute atomic E-state index is 12.7. The Kier molecular flexibility index (Phi) is 6.32. The van der Waals surface area contributed by atoms with E-state index in [0.717, 1.165) is 0 Å². The summed E-state index contributed by atoms with van der Waals surface area (Å²) in [6.45, 7) is 1.16. The molecule has 0 amide bonds. The molecule has 9 heteroatoms. The van der Waals surface area contributed by atoms with E-state index in [9.17, 15) is 13.2 Å². The molecule has 136 valence electrons. The van der Waals surface area contributed by atoms with Crippen molar-refractivity contribution in [2.75, 3.05) is 13.1 Å². The first-order valence-electron chi connectivity index (χ1n) is 7.04. The van der Waals surface area contributed by atoms with Gasteiger partial charge in [0.25, 0.3) is 0 Å². The zero-order chi connectivity index (χ0) is 17.3. The Bertz CT molecular complexity index is 752. The predicted octanol–water partition coefficient (Wildman–Crippen LogP) is 5.33. The highest BCUT2D eigenvalue weighted by Crippen LogP contribution is 2.39. The maximum atomic E-state index is 12.7. The minimum absolute atomic E-state index is 0. The summed E-state index contributed by atoms with van der Waals surface area (Å²) in [5, 5.41) is 3.75. The van der Waals surface area contributed by atoms with E-state index in [0.29, 0.717) is 34.3 Å². The van der Waals surface area contributed by atoms with Crippen molar-refractivity contribution in [3.63, 3.8) is 0 Å². The zero-order valence-corrected chi connectivity index (χ0v) is 14.9. The van der Waals surface area contributed by atoms with Gasteiger partial charge in [-0.3, -0.25) is 0 Å². The van der Waals surface area contributed by atoms with Crippen molar-refractivity contribution in [1.29, 1.82) is 0 Å². The molecule has 0 atom stereocenters. The average molecular weight is 415 g/mol. The van der Waals surface area contributed by atoms with Gasteiger partial charge in [0.15, 0.2) is 11.5 Å². The van der Waals surface area contributed by atoms with Crippen molar-refractivity contribution in [3.05, 3.63) is 46.4 Å². The summed E-state index contributed by atoms with van der Waals surface area (Å²) < 4.78 is 47.7.